The number of aromatic nitrogens is 3. The summed E-state index contributed by atoms with van der Waals surface area (Å²) in [5, 5.41) is 10.5. The van der Waals surface area contributed by atoms with Gasteiger partial charge < -0.3 is 5.32 Å². The molecule has 0 aliphatic carbocycles. The van der Waals surface area contributed by atoms with Crippen LogP contribution in [0.3, 0.4) is 0 Å². The van der Waals surface area contributed by atoms with E-state index >= 15 is 0 Å². The van der Waals surface area contributed by atoms with Crippen molar-refractivity contribution < 1.29 is 0 Å². The Balaban J connectivity index is 2.09. The first-order valence-corrected chi connectivity index (χ1v) is 5.00. The second kappa shape index (κ2) is 4.31. The molecule has 0 spiro atoms. The second-order valence-electron chi connectivity index (χ2n) is 3.26. The molecular weight excluding hydrogens is 212 g/mol. The average molecular weight is 223 g/mol. The molecule has 0 aromatic carbocycles. The Bertz CT molecular complexity index is 427. The first-order valence-electron chi connectivity index (χ1n) is 4.62. The first kappa shape index (κ1) is 9.98. The fourth-order valence-corrected chi connectivity index (χ4v) is 1.50. The third kappa shape index (κ3) is 2.47. The van der Waals surface area contributed by atoms with Gasteiger partial charge in [0.25, 0.3) is 0 Å². The normalized spacial score (nSPS) is 12.4. The Morgan fingerprint density at radius 2 is 2.40 bits per heavy atom. The van der Waals surface area contributed by atoms with Crippen molar-refractivity contribution in [3.8, 4) is 0 Å². The van der Waals surface area contributed by atoms with E-state index in [2.05, 4.69) is 27.4 Å². The second-order valence-corrected chi connectivity index (χ2v) is 3.65. The molecular formula is C10H11ClN4. The van der Waals surface area contributed by atoms with E-state index in [0.717, 1.165) is 11.3 Å². The van der Waals surface area contributed by atoms with Crippen LogP contribution in [0.15, 0.2) is 30.7 Å². The van der Waals surface area contributed by atoms with Crippen LogP contribution in [0.1, 0.15) is 18.5 Å². The lowest BCUT2D eigenvalue weighted by atomic mass is 10.2. The summed E-state index contributed by atoms with van der Waals surface area (Å²) in [5.74, 6) is 0. The molecule has 2 rings (SSSR count). The van der Waals surface area contributed by atoms with Gasteiger partial charge >= 0.3 is 0 Å². The molecule has 0 amide bonds. The Morgan fingerprint density at radius 3 is 3.07 bits per heavy atom. The Kier molecular flexibility index (Phi) is 2.87. The molecule has 0 aliphatic heterocycles. The summed E-state index contributed by atoms with van der Waals surface area (Å²) in [6.07, 6.45) is 5.33. The number of hydrogen-bond acceptors (Lipinski definition) is 3. The zero-order valence-electron chi connectivity index (χ0n) is 8.24. The van der Waals surface area contributed by atoms with Crippen LogP contribution in [0.5, 0.6) is 0 Å². The van der Waals surface area contributed by atoms with Gasteiger partial charge in [-0.1, -0.05) is 11.6 Å². The third-order valence-electron chi connectivity index (χ3n) is 2.13. The van der Waals surface area contributed by atoms with Crippen LogP contribution in [0.25, 0.3) is 0 Å². The third-order valence-corrected chi connectivity index (χ3v) is 2.34. The highest BCUT2D eigenvalue weighted by molar-refractivity contribution is 6.29. The highest BCUT2D eigenvalue weighted by Gasteiger charge is 2.06. The van der Waals surface area contributed by atoms with Gasteiger partial charge in [0.1, 0.15) is 5.15 Å². The number of nitrogens with zero attached hydrogens (tertiary/aromatic N) is 2. The van der Waals surface area contributed by atoms with Gasteiger partial charge in [-0.05, 0) is 19.1 Å². The molecule has 0 bridgehead atoms. The fourth-order valence-electron chi connectivity index (χ4n) is 1.32. The van der Waals surface area contributed by atoms with Crippen molar-refractivity contribution in [1.82, 2.24) is 15.2 Å². The van der Waals surface area contributed by atoms with E-state index < -0.39 is 0 Å². The van der Waals surface area contributed by atoms with E-state index in [-0.39, 0.29) is 6.04 Å². The summed E-state index contributed by atoms with van der Waals surface area (Å²) in [5.41, 5.74) is 2.05. The van der Waals surface area contributed by atoms with Crippen molar-refractivity contribution in [3.05, 3.63) is 41.4 Å². The smallest absolute Gasteiger partial charge is 0.131 e. The lowest BCUT2D eigenvalue weighted by Gasteiger charge is -2.13. The van der Waals surface area contributed by atoms with E-state index in [1.807, 2.05) is 12.3 Å². The van der Waals surface area contributed by atoms with Gasteiger partial charge in [-0.15, -0.1) is 0 Å². The summed E-state index contributed by atoms with van der Waals surface area (Å²) in [6.45, 7) is 2.05. The minimum atomic E-state index is 0.183. The van der Waals surface area contributed by atoms with Crippen LogP contribution in [0.2, 0.25) is 5.15 Å². The number of hydrogen-bond donors (Lipinski definition) is 2. The zero-order valence-corrected chi connectivity index (χ0v) is 8.99. The van der Waals surface area contributed by atoms with E-state index in [1.54, 1.807) is 18.5 Å². The van der Waals surface area contributed by atoms with E-state index in [1.165, 1.54) is 0 Å². The maximum absolute atomic E-state index is 5.78. The van der Waals surface area contributed by atoms with Gasteiger partial charge in [0, 0.05) is 23.6 Å². The maximum atomic E-state index is 5.78. The SMILES string of the molecule is CC(Nc1ccnc(Cl)c1)c1cn[nH]c1. The molecule has 0 saturated heterocycles. The molecule has 78 valence electrons. The molecule has 15 heavy (non-hydrogen) atoms. The highest BCUT2D eigenvalue weighted by atomic mass is 35.5. The van der Waals surface area contributed by atoms with Crippen LogP contribution in [0.4, 0.5) is 5.69 Å². The molecule has 0 radical (unpaired) electrons. The maximum Gasteiger partial charge on any atom is 0.131 e. The topological polar surface area (TPSA) is 53.6 Å². The predicted octanol–water partition coefficient (Wildman–Crippen LogP) is 2.63. The Morgan fingerprint density at radius 1 is 1.53 bits per heavy atom. The molecule has 2 heterocycles. The lowest BCUT2D eigenvalue weighted by Crippen LogP contribution is -2.05. The number of anilines is 1. The summed E-state index contributed by atoms with van der Waals surface area (Å²) >= 11 is 5.78. The number of halogens is 1. The van der Waals surface area contributed by atoms with Gasteiger partial charge in [0.2, 0.25) is 0 Å². The Hall–Kier alpha value is -1.55. The minimum Gasteiger partial charge on any atom is -0.378 e. The number of nitrogens with one attached hydrogen (secondary N) is 2. The molecule has 0 saturated carbocycles. The summed E-state index contributed by atoms with van der Waals surface area (Å²) in [6, 6.07) is 3.85. The zero-order chi connectivity index (χ0) is 10.7. The number of rotatable bonds is 3. The fraction of sp³-hybridized carbons (Fsp3) is 0.200. The van der Waals surface area contributed by atoms with E-state index in [0.29, 0.717) is 5.15 Å². The Labute approximate surface area is 92.7 Å². The van der Waals surface area contributed by atoms with Crippen LogP contribution in [-0.2, 0) is 0 Å². The van der Waals surface area contributed by atoms with Crippen LogP contribution < -0.4 is 5.32 Å². The van der Waals surface area contributed by atoms with Crippen LogP contribution in [0, 0.1) is 0 Å². The first-order chi connectivity index (χ1) is 7.25. The minimum absolute atomic E-state index is 0.183. The van der Waals surface area contributed by atoms with Crippen molar-refractivity contribution in [3.63, 3.8) is 0 Å². The van der Waals surface area contributed by atoms with Gasteiger partial charge in [0.15, 0.2) is 0 Å². The number of H-pyrrole nitrogens is 1. The van der Waals surface area contributed by atoms with Crippen molar-refractivity contribution >= 4 is 17.3 Å². The van der Waals surface area contributed by atoms with Gasteiger partial charge in [-0.25, -0.2) is 4.98 Å². The lowest BCUT2D eigenvalue weighted by molar-refractivity contribution is 0.885. The molecule has 2 aromatic heterocycles. The standard InChI is InChI=1S/C10H11ClN4/c1-7(8-5-13-14-6-8)15-9-2-3-12-10(11)4-9/h2-7H,1H3,(H,12,15)(H,13,14). The highest BCUT2D eigenvalue weighted by Crippen LogP contribution is 2.19. The number of pyridine rings is 1. The van der Waals surface area contributed by atoms with Crippen molar-refractivity contribution in [2.24, 2.45) is 0 Å². The molecule has 0 fully saturated rings. The van der Waals surface area contributed by atoms with Crippen molar-refractivity contribution in [1.29, 1.82) is 0 Å². The molecule has 2 N–H and O–H groups in total. The monoisotopic (exact) mass is 222 g/mol. The number of aromatic amines is 1. The van der Waals surface area contributed by atoms with Gasteiger partial charge in [-0.2, -0.15) is 5.10 Å². The van der Waals surface area contributed by atoms with Crippen LogP contribution in [-0.4, -0.2) is 15.2 Å². The molecule has 1 unspecified atom stereocenters. The van der Waals surface area contributed by atoms with Crippen molar-refractivity contribution in [2.75, 3.05) is 5.32 Å². The summed E-state index contributed by atoms with van der Waals surface area (Å²) in [4.78, 5) is 3.92. The van der Waals surface area contributed by atoms with Crippen molar-refractivity contribution in [2.45, 2.75) is 13.0 Å². The van der Waals surface area contributed by atoms with Gasteiger partial charge in [-0.3, -0.25) is 5.10 Å². The van der Waals surface area contributed by atoms with Crippen LogP contribution >= 0.6 is 11.6 Å². The molecule has 4 nitrogen and oxygen atoms in total. The van der Waals surface area contributed by atoms with Gasteiger partial charge in [0.05, 0.1) is 12.2 Å². The molecule has 1 atom stereocenters. The van der Waals surface area contributed by atoms with E-state index in [9.17, 15) is 0 Å². The summed E-state index contributed by atoms with van der Waals surface area (Å²) < 4.78 is 0. The molecule has 2 aromatic rings. The average Bonchev–Trinajstić information content (AvgIpc) is 2.70. The van der Waals surface area contributed by atoms with E-state index in [4.69, 9.17) is 11.6 Å². The molecule has 5 heteroatoms. The quantitative estimate of drug-likeness (QED) is 0.785. The summed E-state index contributed by atoms with van der Waals surface area (Å²) in [7, 11) is 0. The molecule has 0 aliphatic rings. The predicted molar refractivity (Wildman–Crippen MR) is 59.9 cm³/mol. The largest absolute Gasteiger partial charge is 0.378 e.